The first-order valence-corrected chi connectivity index (χ1v) is 8.05. The lowest BCUT2D eigenvalue weighted by atomic mass is 10.2. The summed E-state index contributed by atoms with van der Waals surface area (Å²) in [4.78, 5) is 35.3. The van der Waals surface area contributed by atoms with Crippen LogP contribution < -0.4 is 16.2 Å². The maximum absolute atomic E-state index is 13.4. The van der Waals surface area contributed by atoms with Crippen LogP contribution in [0.3, 0.4) is 0 Å². The van der Waals surface area contributed by atoms with Gasteiger partial charge < -0.3 is 5.32 Å². The van der Waals surface area contributed by atoms with Crippen LogP contribution in [-0.2, 0) is 4.79 Å². The molecule has 0 atom stereocenters. The van der Waals surface area contributed by atoms with Gasteiger partial charge in [-0.25, -0.2) is 8.78 Å². The number of carbonyl (C=O) groups is 3. The highest BCUT2D eigenvalue weighted by Crippen LogP contribution is 2.21. The second kappa shape index (κ2) is 7.97. The summed E-state index contributed by atoms with van der Waals surface area (Å²) in [5, 5.41) is 2.16. The number of halogens is 3. The summed E-state index contributed by atoms with van der Waals surface area (Å²) < 4.78 is 26.9. The number of hydrogen-bond acceptors (Lipinski definition) is 4. The Morgan fingerprint density at radius 2 is 1.79 bits per heavy atom. The molecule has 0 unspecified atom stereocenters. The largest absolute Gasteiger partial charge is 0.343 e. The molecule has 0 radical (unpaired) electrons. The summed E-state index contributed by atoms with van der Waals surface area (Å²) in [5.74, 6) is -3.96. The van der Waals surface area contributed by atoms with Crippen LogP contribution >= 0.6 is 27.3 Å². The van der Waals surface area contributed by atoms with Gasteiger partial charge in [-0.2, -0.15) is 0 Å². The molecular formula is C14H10BrF2N3O3S. The van der Waals surface area contributed by atoms with Crippen molar-refractivity contribution in [2.75, 3.05) is 6.54 Å². The Labute approximate surface area is 147 Å². The van der Waals surface area contributed by atoms with E-state index >= 15 is 0 Å². The molecular weight excluding hydrogens is 408 g/mol. The van der Waals surface area contributed by atoms with Crippen LogP contribution in [0.4, 0.5) is 8.78 Å². The molecule has 0 saturated carbocycles. The number of carbonyl (C=O) groups excluding carboxylic acids is 3. The van der Waals surface area contributed by atoms with Crippen molar-refractivity contribution in [1.29, 1.82) is 0 Å². The third kappa shape index (κ3) is 4.83. The summed E-state index contributed by atoms with van der Waals surface area (Å²) in [7, 11) is 0. The number of hydrazine groups is 1. The van der Waals surface area contributed by atoms with Crippen LogP contribution in [0.15, 0.2) is 34.1 Å². The average molecular weight is 418 g/mol. The molecule has 2 aromatic rings. The minimum atomic E-state index is -1.04. The standard InChI is InChI=1S/C14H10BrF2N3O3S/c15-11-4-3-10(24-11)14(23)20-19-12(21)6-18-13(22)8-2-1-7(16)5-9(8)17/h1-5H,6H2,(H,18,22)(H,19,21)(H,20,23). The summed E-state index contributed by atoms with van der Waals surface area (Å²) in [6.07, 6.45) is 0. The SMILES string of the molecule is O=C(CNC(=O)c1ccc(F)cc1F)NNC(=O)c1ccc(Br)s1. The maximum atomic E-state index is 13.4. The van der Waals surface area contributed by atoms with E-state index in [-0.39, 0.29) is 0 Å². The zero-order valence-electron chi connectivity index (χ0n) is 11.9. The molecule has 10 heteroatoms. The Morgan fingerprint density at radius 1 is 1.04 bits per heavy atom. The topological polar surface area (TPSA) is 87.3 Å². The second-order valence-corrected chi connectivity index (χ2v) is 6.88. The normalized spacial score (nSPS) is 10.1. The molecule has 3 amide bonds. The molecule has 6 nitrogen and oxygen atoms in total. The van der Waals surface area contributed by atoms with Gasteiger partial charge in [0.1, 0.15) is 11.6 Å². The summed E-state index contributed by atoms with van der Waals surface area (Å²) in [6.45, 7) is -0.496. The first-order valence-electron chi connectivity index (χ1n) is 6.44. The second-order valence-electron chi connectivity index (χ2n) is 4.41. The van der Waals surface area contributed by atoms with E-state index in [9.17, 15) is 23.2 Å². The molecule has 0 bridgehead atoms. The minimum absolute atomic E-state index is 0.375. The van der Waals surface area contributed by atoms with Crippen molar-refractivity contribution >= 4 is 45.0 Å². The smallest absolute Gasteiger partial charge is 0.279 e. The van der Waals surface area contributed by atoms with Crippen molar-refractivity contribution in [2.24, 2.45) is 0 Å². The van der Waals surface area contributed by atoms with E-state index in [1.54, 1.807) is 12.1 Å². The lowest BCUT2D eigenvalue weighted by Crippen LogP contribution is -2.46. The van der Waals surface area contributed by atoms with Crippen molar-refractivity contribution in [3.8, 4) is 0 Å². The van der Waals surface area contributed by atoms with Gasteiger partial charge in [0.2, 0.25) is 0 Å². The third-order valence-corrected chi connectivity index (χ3v) is 4.32. The molecule has 2 rings (SSSR count). The third-order valence-electron chi connectivity index (χ3n) is 2.70. The molecule has 1 heterocycles. The highest BCUT2D eigenvalue weighted by molar-refractivity contribution is 9.11. The van der Waals surface area contributed by atoms with Gasteiger partial charge in [-0.05, 0) is 40.2 Å². The first kappa shape index (κ1) is 18.0. The van der Waals surface area contributed by atoms with Crippen molar-refractivity contribution in [2.45, 2.75) is 0 Å². The summed E-state index contributed by atoms with van der Waals surface area (Å²) >= 11 is 4.38. The molecule has 0 aliphatic heterocycles. The van der Waals surface area contributed by atoms with Crippen molar-refractivity contribution in [1.82, 2.24) is 16.2 Å². The highest BCUT2D eigenvalue weighted by Gasteiger charge is 2.14. The number of hydrogen-bond donors (Lipinski definition) is 3. The lowest BCUT2D eigenvalue weighted by Gasteiger charge is -2.08. The van der Waals surface area contributed by atoms with Gasteiger partial charge in [0, 0.05) is 6.07 Å². The predicted molar refractivity (Wildman–Crippen MR) is 86.3 cm³/mol. The van der Waals surface area contributed by atoms with Crippen LogP contribution in [0.25, 0.3) is 0 Å². The predicted octanol–water partition coefficient (Wildman–Crippen LogP) is 1.98. The van der Waals surface area contributed by atoms with E-state index in [1.807, 2.05) is 0 Å². The Bertz CT molecular complexity index is 797. The van der Waals surface area contributed by atoms with Gasteiger partial charge >= 0.3 is 0 Å². The molecule has 0 aliphatic rings. The van der Waals surface area contributed by atoms with Gasteiger partial charge in [0.15, 0.2) is 0 Å². The molecule has 24 heavy (non-hydrogen) atoms. The molecule has 0 fully saturated rings. The van der Waals surface area contributed by atoms with Crippen molar-refractivity contribution in [3.05, 3.63) is 56.2 Å². The van der Waals surface area contributed by atoms with Crippen LogP contribution in [0.5, 0.6) is 0 Å². The maximum Gasteiger partial charge on any atom is 0.279 e. The number of nitrogens with one attached hydrogen (secondary N) is 3. The Balaban J connectivity index is 1.80. The minimum Gasteiger partial charge on any atom is -0.343 e. The van der Waals surface area contributed by atoms with Crippen LogP contribution in [0.1, 0.15) is 20.0 Å². The molecule has 0 saturated heterocycles. The fourth-order valence-corrected chi connectivity index (χ4v) is 2.88. The van der Waals surface area contributed by atoms with Crippen LogP contribution in [-0.4, -0.2) is 24.3 Å². The van der Waals surface area contributed by atoms with Gasteiger partial charge in [-0.1, -0.05) is 0 Å². The monoisotopic (exact) mass is 417 g/mol. The Kier molecular flexibility index (Phi) is 5.99. The van der Waals surface area contributed by atoms with Gasteiger partial charge in [-0.3, -0.25) is 25.2 Å². The molecule has 0 aliphatic carbocycles. The quantitative estimate of drug-likeness (QED) is 0.664. The van der Waals surface area contributed by atoms with Crippen LogP contribution in [0, 0.1) is 11.6 Å². The molecule has 126 valence electrons. The van der Waals surface area contributed by atoms with Gasteiger partial charge in [0.05, 0.1) is 20.8 Å². The highest BCUT2D eigenvalue weighted by atomic mass is 79.9. The van der Waals surface area contributed by atoms with Gasteiger partial charge in [0.25, 0.3) is 17.7 Å². The van der Waals surface area contributed by atoms with E-state index in [0.717, 1.165) is 15.9 Å². The van der Waals surface area contributed by atoms with Crippen molar-refractivity contribution < 1.29 is 23.2 Å². The fourth-order valence-electron chi connectivity index (χ4n) is 1.60. The van der Waals surface area contributed by atoms with E-state index in [1.165, 1.54) is 11.3 Å². The van der Waals surface area contributed by atoms with Crippen LogP contribution in [0.2, 0.25) is 0 Å². The molecule has 3 N–H and O–H groups in total. The lowest BCUT2D eigenvalue weighted by molar-refractivity contribution is -0.120. The summed E-state index contributed by atoms with van der Waals surface area (Å²) in [6, 6.07) is 5.70. The Hall–Kier alpha value is -2.33. The number of thiophene rings is 1. The first-order chi connectivity index (χ1) is 11.4. The average Bonchev–Trinajstić information content (AvgIpc) is 2.97. The number of amides is 3. The van der Waals surface area contributed by atoms with E-state index in [2.05, 4.69) is 32.1 Å². The molecule has 0 spiro atoms. The Morgan fingerprint density at radius 3 is 2.42 bits per heavy atom. The van der Waals surface area contributed by atoms with E-state index in [4.69, 9.17) is 0 Å². The van der Waals surface area contributed by atoms with E-state index < -0.39 is 41.5 Å². The zero-order valence-corrected chi connectivity index (χ0v) is 14.3. The number of rotatable bonds is 4. The molecule has 1 aromatic carbocycles. The van der Waals surface area contributed by atoms with Crippen molar-refractivity contribution in [3.63, 3.8) is 0 Å². The molecule has 1 aromatic heterocycles. The number of benzene rings is 1. The fraction of sp³-hybridized carbons (Fsp3) is 0.0714. The van der Waals surface area contributed by atoms with Gasteiger partial charge in [-0.15, -0.1) is 11.3 Å². The zero-order chi connectivity index (χ0) is 17.7. The van der Waals surface area contributed by atoms with E-state index in [0.29, 0.717) is 10.9 Å². The summed E-state index contributed by atoms with van der Waals surface area (Å²) in [5.41, 5.74) is 3.88.